The summed E-state index contributed by atoms with van der Waals surface area (Å²) in [6.45, 7) is 0. The fraction of sp³-hybridized carbons (Fsp3) is 0.267. The van der Waals surface area contributed by atoms with Crippen LogP contribution in [0.5, 0.6) is 0 Å². The largest absolute Gasteiger partial charge is 0.480 e. The summed E-state index contributed by atoms with van der Waals surface area (Å²) in [5, 5.41) is 11.1. The zero-order chi connectivity index (χ0) is 18.6. The van der Waals surface area contributed by atoms with Crippen molar-refractivity contribution < 1.29 is 32.3 Å². The number of aliphatic carboxylic acids is 1. The third-order valence-corrected chi connectivity index (χ3v) is 3.31. The number of benzene rings is 1. The normalized spacial score (nSPS) is 12.6. The SMILES string of the molecule is O=C(Cc1coc(-c2ccc(Cl)cc2)n1)NC(CC(F)(F)F)C(=O)O. The van der Waals surface area contributed by atoms with Gasteiger partial charge in [-0.2, -0.15) is 13.2 Å². The highest BCUT2D eigenvalue weighted by atomic mass is 35.5. The maximum atomic E-state index is 12.3. The molecule has 1 amide bonds. The van der Waals surface area contributed by atoms with E-state index in [1.54, 1.807) is 24.3 Å². The second-order valence-electron chi connectivity index (χ2n) is 5.11. The zero-order valence-electron chi connectivity index (χ0n) is 12.5. The van der Waals surface area contributed by atoms with Crippen LogP contribution in [0.4, 0.5) is 13.2 Å². The third kappa shape index (κ3) is 5.79. The van der Waals surface area contributed by atoms with Gasteiger partial charge in [0.1, 0.15) is 12.3 Å². The Balaban J connectivity index is 2.00. The zero-order valence-corrected chi connectivity index (χ0v) is 13.3. The number of hydrogen-bond donors (Lipinski definition) is 2. The average Bonchev–Trinajstić information content (AvgIpc) is 2.94. The summed E-state index contributed by atoms with van der Waals surface area (Å²) in [6.07, 6.45) is -5.63. The molecule has 6 nitrogen and oxygen atoms in total. The average molecular weight is 377 g/mol. The van der Waals surface area contributed by atoms with Gasteiger partial charge in [0, 0.05) is 10.6 Å². The fourth-order valence-corrected chi connectivity index (χ4v) is 2.08. The molecule has 0 aliphatic heterocycles. The Morgan fingerprint density at radius 3 is 2.48 bits per heavy atom. The summed E-state index contributed by atoms with van der Waals surface area (Å²) >= 11 is 5.76. The molecule has 2 N–H and O–H groups in total. The molecular formula is C15H12ClF3N2O4. The first-order chi connectivity index (χ1) is 11.6. The van der Waals surface area contributed by atoms with Crippen molar-refractivity contribution in [1.82, 2.24) is 10.3 Å². The number of nitrogens with one attached hydrogen (secondary N) is 1. The Morgan fingerprint density at radius 1 is 1.28 bits per heavy atom. The third-order valence-electron chi connectivity index (χ3n) is 3.05. The van der Waals surface area contributed by atoms with E-state index in [0.717, 1.165) is 0 Å². The highest BCUT2D eigenvalue weighted by Crippen LogP contribution is 2.22. The van der Waals surface area contributed by atoms with Gasteiger partial charge in [0.25, 0.3) is 0 Å². The molecule has 0 spiro atoms. The van der Waals surface area contributed by atoms with Crippen LogP contribution in [0.2, 0.25) is 5.02 Å². The van der Waals surface area contributed by atoms with Gasteiger partial charge in [0.15, 0.2) is 0 Å². The van der Waals surface area contributed by atoms with Crippen LogP contribution in [0.25, 0.3) is 11.5 Å². The van der Waals surface area contributed by atoms with E-state index in [2.05, 4.69) is 4.98 Å². The van der Waals surface area contributed by atoms with Gasteiger partial charge in [-0.25, -0.2) is 9.78 Å². The summed E-state index contributed by atoms with van der Waals surface area (Å²) in [4.78, 5) is 26.6. The number of carboxylic acids is 1. The molecule has 1 unspecified atom stereocenters. The van der Waals surface area contributed by atoms with Gasteiger partial charge >= 0.3 is 12.1 Å². The molecule has 0 bridgehead atoms. The van der Waals surface area contributed by atoms with E-state index in [1.807, 2.05) is 5.32 Å². The number of carbonyl (C=O) groups is 2. The number of carboxylic acid groups (broad SMARTS) is 1. The van der Waals surface area contributed by atoms with Crippen molar-refractivity contribution in [3.8, 4) is 11.5 Å². The predicted octanol–water partition coefficient (Wildman–Crippen LogP) is 3.06. The van der Waals surface area contributed by atoms with E-state index in [4.69, 9.17) is 21.1 Å². The van der Waals surface area contributed by atoms with Crippen LogP contribution in [-0.2, 0) is 16.0 Å². The lowest BCUT2D eigenvalue weighted by Crippen LogP contribution is -2.44. The molecule has 0 aliphatic rings. The van der Waals surface area contributed by atoms with Gasteiger partial charge in [-0.3, -0.25) is 4.79 Å². The minimum Gasteiger partial charge on any atom is -0.480 e. The lowest BCUT2D eigenvalue weighted by molar-refractivity contribution is -0.159. The molecule has 0 aliphatic carbocycles. The molecule has 0 saturated carbocycles. The summed E-state index contributed by atoms with van der Waals surface area (Å²) in [7, 11) is 0. The first-order valence-electron chi connectivity index (χ1n) is 6.93. The fourth-order valence-electron chi connectivity index (χ4n) is 1.95. The smallest absolute Gasteiger partial charge is 0.391 e. The molecule has 0 saturated heterocycles. The lowest BCUT2D eigenvalue weighted by atomic mass is 10.2. The maximum absolute atomic E-state index is 12.3. The highest BCUT2D eigenvalue weighted by Gasteiger charge is 2.36. The molecule has 25 heavy (non-hydrogen) atoms. The van der Waals surface area contributed by atoms with Crippen LogP contribution in [0.3, 0.4) is 0 Å². The number of carbonyl (C=O) groups excluding carboxylic acids is 1. The van der Waals surface area contributed by atoms with Gasteiger partial charge in [-0.1, -0.05) is 11.6 Å². The monoisotopic (exact) mass is 376 g/mol. The van der Waals surface area contributed by atoms with Gasteiger partial charge in [0.05, 0.1) is 18.5 Å². The van der Waals surface area contributed by atoms with Crippen molar-refractivity contribution in [1.29, 1.82) is 0 Å². The quantitative estimate of drug-likeness (QED) is 0.808. The van der Waals surface area contributed by atoms with Crippen molar-refractivity contribution in [3.05, 3.63) is 41.2 Å². The molecule has 1 atom stereocenters. The molecule has 134 valence electrons. The van der Waals surface area contributed by atoms with Crippen molar-refractivity contribution in [2.24, 2.45) is 0 Å². The number of alkyl halides is 3. The second kappa shape index (κ2) is 7.56. The van der Waals surface area contributed by atoms with Crippen LogP contribution in [0, 0.1) is 0 Å². The van der Waals surface area contributed by atoms with Crippen LogP contribution < -0.4 is 5.32 Å². The van der Waals surface area contributed by atoms with Gasteiger partial charge in [0.2, 0.25) is 11.8 Å². The number of halogens is 4. The number of aromatic nitrogens is 1. The van der Waals surface area contributed by atoms with E-state index in [0.29, 0.717) is 10.6 Å². The Kier molecular flexibility index (Phi) is 5.68. The number of hydrogen-bond acceptors (Lipinski definition) is 4. The van der Waals surface area contributed by atoms with Crippen LogP contribution in [-0.4, -0.2) is 34.2 Å². The van der Waals surface area contributed by atoms with E-state index in [1.165, 1.54) is 6.26 Å². The van der Waals surface area contributed by atoms with Crippen molar-refractivity contribution in [2.45, 2.75) is 25.1 Å². The molecule has 1 aromatic heterocycles. The van der Waals surface area contributed by atoms with Crippen molar-refractivity contribution >= 4 is 23.5 Å². The number of rotatable bonds is 6. The molecule has 1 aromatic carbocycles. The minimum atomic E-state index is -4.72. The number of nitrogens with zero attached hydrogens (tertiary/aromatic N) is 1. The first-order valence-corrected chi connectivity index (χ1v) is 7.31. The Bertz CT molecular complexity index is 759. The summed E-state index contributed by atoms with van der Waals surface area (Å²) in [5.74, 6) is -2.48. The minimum absolute atomic E-state index is 0.151. The first kappa shape index (κ1) is 18.8. The molecular weight excluding hydrogens is 365 g/mol. The molecule has 0 radical (unpaired) electrons. The summed E-state index contributed by atoms with van der Waals surface area (Å²) < 4.78 is 42.1. The highest BCUT2D eigenvalue weighted by molar-refractivity contribution is 6.30. The summed E-state index contributed by atoms with van der Waals surface area (Å²) in [5.41, 5.74) is 0.745. The molecule has 2 aromatic rings. The van der Waals surface area contributed by atoms with Gasteiger partial charge in [-0.05, 0) is 24.3 Å². The second-order valence-corrected chi connectivity index (χ2v) is 5.54. The maximum Gasteiger partial charge on any atom is 0.391 e. The predicted molar refractivity (Wildman–Crippen MR) is 80.9 cm³/mol. The van der Waals surface area contributed by atoms with E-state index < -0.39 is 36.9 Å². The Morgan fingerprint density at radius 2 is 1.92 bits per heavy atom. The van der Waals surface area contributed by atoms with Gasteiger partial charge in [-0.15, -0.1) is 0 Å². The topological polar surface area (TPSA) is 92.4 Å². The standard InChI is InChI=1S/C15H12ClF3N2O4/c16-9-3-1-8(2-4-9)13-20-10(7-25-13)5-12(22)21-11(14(23)24)6-15(17,18)19/h1-4,7,11H,5-6H2,(H,21,22)(H,23,24). The Labute approximate surface area is 144 Å². The summed E-state index contributed by atoms with van der Waals surface area (Å²) in [6, 6.07) is 4.45. The lowest BCUT2D eigenvalue weighted by Gasteiger charge is -2.15. The van der Waals surface area contributed by atoms with Crippen LogP contribution >= 0.6 is 11.6 Å². The molecule has 0 fully saturated rings. The van der Waals surface area contributed by atoms with E-state index in [9.17, 15) is 22.8 Å². The van der Waals surface area contributed by atoms with Crippen LogP contribution in [0.1, 0.15) is 12.1 Å². The van der Waals surface area contributed by atoms with E-state index >= 15 is 0 Å². The van der Waals surface area contributed by atoms with E-state index in [-0.39, 0.29) is 11.6 Å². The number of oxazole rings is 1. The molecule has 10 heteroatoms. The molecule has 1 heterocycles. The van der Waals surface area contributed by atoms with Crippen LogP contribution in [0.15, 0.2) is 34.9 Å². The van der Waals surface area contributed by atoms with Crippen molar-refractivity contribution in [2.75, 3.05) is 0 Å². The Hall–Kier alpha value is -2.55. The van der Waals surface area contributed by atoms with Crippen molar-refractivity contribution in [3.63, 3.8) is 0 Å². The van der Waals surface area contributed by atoms with Gasteiger partial charge < -0.3 is 14.8 Å². The molecule has 2 rings (SSSR count). The number of amides is 1.